The van der Waals surface area contributed by atoms with Gasteiger partial charge in [-0.2, -0.15) is 0 Å². The summed E-state index contributed by atoms with van der Waals surface area (Å²) >= 11 is 0. The molecular formula is C49H115N3. The van der Waals surface area contributed by atoms with E-state index in [9.17, 15) is 0 Å². The smallest absolute Gasteiger partial charge is 0.0125 e. The molecule has 0 N–H and O–H groups in total. The van der Waals surface area contributed by atoms with E-state index < -0.39 is 0 Å². The molecule has 0 aromatic heterocycles. The molecule has 0 saturated carbocycles. The van der Waals surface area contributed by atoms with E-state index in [2.05, 4.69) is 139 Å². The van der Waals surface area contributed by atoms with Crippen LogP contribution < -0.4 is 0 Å². The molecule has 3 heterocycles. The summed E-state index contributed by atoms with van der Waals surface area (Å²) in [5.74, 6) is 2.61. The Kier molecular flexibility index (Phi) is 37.4. The summed E-state index contributed by atoms with van der Waals surface area (Å²) in [6.07, 6.45) is 8.37. The van der Waals surface area contributed by atoms with Crippen molar-refractivity contribution in [3.8, 4) is 0 Å². The van der Waals surface area contributed by atoms with Crippen molar-refractivity contribution in [1.82, 2.24) is 14.7 Å². The van der Waals surface area contributed by atoms with Crippen molar-refractivity contribution in [2.45, 2.75) is 251 Å². The molecule has 0 bridgehead atoms. The summed E-state index contributed by atoms with van der Waals surface area (Å²) in [5, 5.41) is 0. The van der Waals surface area contributed by atoms with Crippen LogP contribution in [0.5, 0.6) is 0 Å². The fraction of sp³-hybridized carbons (Fsp3) is 1.00. The molecule has 0 amide bonds. The highest BCUT2D eigenvalue weighted by molar-refractivity contribution is 4.90. The van der Waals surface area contributed by atoms with E-state index in [0.29, 0.717) is 32.9 Å². The Balaban J connectivity index is -0.000000105. The van der Waals surface area contributed by atoms with Gasteiger partial charge in [0.1, 0.15) is 0 Å². The Hall–Kier alpha value is -0.120. The minimum Gasteiger partial charge on any atom is -0.298 e. The molecule has 3 nitrogen and oxygen atoms in total. The first-order valence-electron chi connectivity index (χ1n) is 20.9. The molecule has 3 rings (SSSR count). The van der Waals surface area contributed by atoms with Gasteiger partial charge < -0.3 is 0 Å². The topological polar surface area (TPSA) is 9.72 Å². The fourth-order valence-corrected chi connectivity index (χ4v) is 6.83. The predicted molar refractivity (Wildman–Crippen MR) is 251 cm³/mol. The normalized spacial score (nSPS) is 21.8. The lowest BCUT2D eigenvalue weighted by Crippen LogP contribution is -2.49. The fourth-order valence-electron chi connectivity index (χ4n) is 6.83. The monoisotopic (exact) mass is 746 g/mol. The first kappa shape index (κ1) is 66.7. The van der Waals surface area contributed by atoms with Crippen molar-refractivity contribution in [1.29, 1.82) is 0 Å². The Morgan fingerprint density at radius 1 is 0.308 bits per heavy atom. The van der Waals surface area contributed by atoms with Crippen LogP contribution in [0.25, 0.3) is 0 Å². The zero-order chi connectivity index (χ0) is 38.9. The van der Waals surface area contributed by atoms with Crippen LogP contribution in [0, 0.1) is 34.0 Å². The quantitative estimate of drug-likeness (QED) is 0.244. The van der Waals surface area contributed by atoms with Crippen molar-refractivity contribution in [3.63, 3.8) is 0 Å². The second kappa shape index (κ2) is 29.2. The minimum absolute atomic E-state index is 0. The number of hydrogen-bond acceptors (Lipinski definition) is 3. The van der Waals surface area contributed by atoms with Gasteiger partial charge in [-0.15, -0.1) is 0 Å². The molecule has 3 aliphatic rings. The summed E-state index contributed by atoms with van der Waals surface area (Å²) < 4.78 is 0. The van der Waals surface area contributed by atoms with Gasteiger partial charge in [-0.1, -0.05) is 140 Å². The summed E-state index contributed by atoms with van der Waals surface area (Å²) in [6.45, 7) is 62.1. The van der Waals surface area contributed by atoms with E-state index in [1.165, 1.54) is 77.8 Å². The van der Waals surface area contributed by atoms with E-state index in [0.717, 1.165) is 17.8 Å². The standard InChI is InChI=1S/C14H29N.C13H27N.C12H25N.3C2H6.4CH4/c1-13(2,3)12-9-7-8-10-15(11-12)14(4,5)6;1-12(2,3)11-8-7-9-14(10-11)13(4,5)6;1-11(2,3)10-7-8-13(9-10)12(4,5)6;3*1-2;;;;/h12H,7-11H2,1-6H3;11H,7-10H2,1-6H3;10H,7-9H2,1-6H3;3*1-2H3;4*1H4. The minimum atomic E-state index is 0. The molecule has 0 aromatic rings. The lowest BCUT2D eigenvalue weighted by Gasteiger charge is -2.45. The Labute approximate surface area is 338 Å². The average molecular weight is 746 g/mol. The van der Waals surface area contributed by atoms with Gasteiger partial charge in [-0.25, -0.2) is 0 Å². The molecule has 0 radical (unpaired) electrons. The van der Waals surface area contributed by atoms with E-state index in [1.807, 2.05) is 41.5 Å². The molecule has 0 aromatic carbocycles. The number of likely N-dealkylation sites (tertiary alicyclic amines) is 3. The third-order valence-electron chi connectivity index (χ3n) is 10.8. The van der Waals surface area contributed by atoms with Gasteiger partial charge in [-0.05, 0) is 148 Å². The third kappa shape index (κ3) is 27.5. The number of piperidine rings is 1. The maximum Gasteiger partial charge on any atom is 0.0125 e. The highest BCUT2D eigenvalue weighted by Crippen LogP contribution is 2.37. The van der Waals surface area contributed by atoms with Gasteiger partial charge in [0.25, 0.3) is 0 Å². The van der Waals surface area contributed by atoms with Crippen molar-refractivity contribution in [2.24, 2.45) is 34.0 Å². The van der Waals surface area contributed by atoms with Gasteiger partial charge in [0.05, 0.1) is 0 Å². The molecule has 3 heteroatoms. The van der Waals surface area contributed by atoms with Gasteiger partial charge in [-0.3, -0.25) is 14.7 Å². The third-order valence-corrected chi connectivity index (χ3v) is 10.8. The van der Waals surface area contributed by atoms with E-state index in [-0.39, 0.29) is 29.7 Å². The van der Waals surface area contributed by atoms with Crippen molar-refractivity contribution < 1.29 is 0 Å². The second-order valence-electron chi connectivity index (χ2n) is 20.5. The molecule has 326 valence electrons. The van der Waals surface area contributed by atoms with Crippen LogP contribution in [-0.4, -0.2) is 70.6 Å². The van der Waals surface area contributed by atoms with Crippen LogP contribution in [-0.2, 0) is 0 Å². The van der Waals surface area contributed by atoms with Crippen LogP contribution in [0.15, 0.2) is 0 Å². The van der Waals surface area contributed by atoms with Crippen molar-refractivity contribution in [2.75, 3.05) is 39.3 Å². The Bertz CT molecular complexity index is 695. The first-order chi connectivity index (χ1) is 21.6. The Morgan fingerprint density at radius 3 is 0.769 bits per heavy atom. The zero-order valence-corrected chi connectivity index (χ0v) is 38.6. The van der Waals surface area contributed by atoms with Gasteiger partial charge in [0, 0.05) is 36.3 Å². The van der Waals surface area contributed by atoms with Gasteiger partial charge in [0.2, 0.25) is 0 Å². The molecule has 3 atom stereocenters. The van der Waals surface area contributed by atoms with Crippen LogP contribution >= 0.6 is 0 Å². The SMILES string of the molecule is C.C.C.C.CC.CC.CC.CC(C)(C)C1CCCCN(C(C)(C)C)C1.CC(C)(C)C1CCCN(C(C)(C)C)C1.CC(C)(C)C1CCN(C(C)(C)C)C1. The lowest BCUT2D eigenvalue weighted by molar-refractivity contribution is 0.0388. The zero-order valence-electron chi connectivity index (χ0n) is 38.6. The van der Waals surface area contributed by atoms with Crippen LogP contribution in [0.2, 0.25) is 0 Å². The predicted octanol–water partition coefficient (Wildman–Crippen LogP) is 16.3. The highest BCUT2D eigenvalue weighted by Gasteiger charge is 2.36. The Morgan fingerprint density at radius 2 is 0.538 bits per heavy atom. The number of hydrogen-bond donors (Lipinski definition) is 0. The largest absolute Gasteiger partial charge is 0.298 e. The molecule has 3 unspecified atom stereocenters. The van der Waals surface area contributed by atoms with Crippen molar-refractivity contribution in [3.05, 3.63) is 0 Å². The molecule has 3 fully saturated rings. The summed E-state index contributed by atoms with van der Waals surface area (Å²) in [5.41, 5.74) is 2.48. The maximum absolute atomic E-state index is 2.68. The van der Waals surface area contributed by atoms with E-state index >= 15 is 0 Å². The number of rotatable bonds is 0. The molecular weight excluding hydrogens is 631 g/mol. The highest BCUT2D eigenvalue weighted by atomic mass is 15.2. The lowest BCUT2D eigenvalue weighted by atomic mass is 9.75. The maximum atomic E-state index is 2.68. The second-order valence-corrected chi connectivity index (χ2v) is 20.5. The molecule has 0 spiro atoms. The van der Waals surface area contributed by atoms with Gasteiger partial charge >= 0.3 is 0 Å². The van der Waals surface area contributed by atoms with Crippen molar-refractivity contribution >= 4 is 0 Å². The summed E-state index contributed by atoms with van der Waals surface area (Å²) in [7, 11) is 0. The number of nitrogens with zero attached hydrogens (tertiary/aromatic N) is 3. The van der Waals surface area contributed by atoms with Crippen LogP contribution in [0.4, 0.5) is 0 Å². The average Bonchev–Trinajstić information content (AvgIpc) is 3.35. The van der Waals surface area contributed by atoms with E-state index in [1.54, 1.807) is 0 Å². The molecule has 52 heavy (non-hydrogen) atoms. The molecule has 3 aliphatic heterocycles. The van der Waals surface area contributed by atoms with E-state index in [4.69, 9.17) is 0 Å². The summed E-state index contributed by atoms with van der Waals surface area (Å²) in [6, 6.07) is 0. The van der Waals surface area contributed by atoms with Crippen LogP contribution in [0.3, 0.4) is 0 Å². The van der Waals surface area contributed by atoms with Gasteiger partial charge in [0.15, 0.2) is 0 Å². The molecule has 3 saturated heterocycles. The van der Waals surface area contributed by atoms with Crippen LogP contribution in [0.1, 0.15) is 234 Å². The molecule has 0 aliphatic carbocycles. The first-order valence-corrected chi connectivity index (χ1v) is 20.9. The summed E-state index contributed by atoms with van der Waals surface area (Å²) in [4.78, 5) is 7.94.